The van der Waals surface area contributed by atoms with Gasteiger partial charge in [0.1, 0.15) is 0 Å². The van der Waals surface area contributed by atoms with E-state index in [0.29, 0.717) is 53.0 Å². The quantitative estimate of drug-likeness (QED) is 0.139. The van der Waals surface area contributed by atoms with Gasteiger partial charge >= 0.3 is 12.0 Å². The molecule has 1 saturated heterocycles. The van der Waals surface area contributed by atoms with Crippen LogP contribution in [-0.4, -0.2) is 54.1 Å². The second-order valence-corrected chi connectivity index (χ2v) is 18.8. The second kappa shape index (κ2) is 20.0. The first-order valence-corrected chi connectivity index (χ1v) is 21.6. The number of rotatable bonds is 8. The average molecular weight is 792 g/mol. The van der Waals surface area contributed by atoms with Crippen molar-refractivity contribution in [3.63, 3.8) is 0 Å². The van der Waals surface area contributed by atoms with Crippen LogP contribution in [0.2, 0.25) is 0 Å². The lowest BCUT2D eigenvalue weighted by Gasteiger charge is -2.72. The van der Waals surface area contributed by atoms with Crippen molar-refractivity contribution >= 4 is 23.5 Å². The highest BCUT2D eigenvalue weighted by molar-refractivity contribution is 5.88. The van der Waals surface area contributed by atoms with Crippen LogP contribution in [0.1, 0.15) is 141 Å². The summed E-state index contributed by atoms with van der Waals surface area (Å²) in [5.41, 5.74) is 3.98. The van der Waals surface area contributed by atoms with E-state index in [-0.39, 0.29) is 28.2 Å². The van der Waals surface area contributed by atoms with Gasteiger partial charge in [0, 0.05) is 32.6 Å². The Balaban J connectivity index is 0.000000930. The molecule has 5 fully saturated rings. The number of hydrogen-bond donors (Lipinski definition) is 3. The number of carboxylic acid groups (broad SMARTS) is 1. The predicted molar refractivity (Wildman–Crippen MR) is 239 cm³/mol. The Hall–Kier alpha value is -4.41. The molecule has 0 aromatic heterocycles. The van der Waals surface area contributed by atoms with Gasteiger partial charge in [-0.3, -0.25) is 4.79 Å². The molecule has 5 aliphatic carbocycles. The van der Waals surface area contributed by atoms with Crippen molar-refractivity contribution in [2.24, 2.45) is 50.7 Å². The number of likely N-dealkylation sites (tertiary alicyclic amines) is 1. The van der Waals surface area contributed by atoms with E-state index < -0.39 is 5.97 Å². The van der Waals surface area contributed by atoms with E-state index in [1.807, 2.05) is 24.0 Å². The molecular formula is C51H73N3O4. The summed E-state index contributed by atoms with van der Waals surface area (Å²) in [6, 6.07) is 7.51. The molecule has 3 N–H and O–H groups in total. The number of nitrogens with zero attached hydrogens (tertiary/aromatic N) is 1. The molecule has 0 spiro atoms. The minimum Gasteiger partial charge on any atom is -0.478 e. The molecule has 6 aliphatic rings. The first kappa shape index (κ1) is 48.0. The van der Waals surface area contributed by atoms with Gasteiger partial charge < -0.3 is 20.6 Å². The van der Waals surface area contributed by atoms with E-state index in [0.717, 1.165) is 38.9 Å². The van der Waals surface area contributed by atoms with Gasteiger partial charge in [-0.2, -0.15) is 0 Å². The molecule has 1 aromatic rings. The molecule has 8 atom stereocenters. The maximum atomic E-state index is 13.0. The average Bonchev–Trinajstić information content (AvgIpc) is 3.84. The van der Waals surface area contributed by atoms with Crippen molar-refractivity contribution in [1.29, 1.82) is 0 Å². The van der Waals surface area contributed by atoms with Crippen molar-refractivity contribution in [3.8, 4) is 38.5 Å². The molecule has 7 rings (SSSR count). The maximum absolute atomic E-state index is 13.0. The Morgan fingerprint density at radius 1 is 0.845 bits per heavy atom. The van der Waals surface area contributed by atoms with Crippen LogP contribution in [0.15, 0.2) is 43.0 Å². The van der Waals surface area contributed by atoms with Crippen LogP contribution in [0.5, 0.6) is 0 Å². The third-order valence-electron chi connectivity index (χ3n) is 16.2. The van der Waals surface area contributed by atoms with Gasteiger partial charge in [0.25, 0.3) is 0 Å². The highest BCUT2D eigenvalue weighted by Gasteiger charge is 2.69. The van der Waals surface area contributed by atoms with E-state index >= 15 is 0 Å². The Labute approximate surface area is 352 Å². The third-order valence-corrected chi connectivity index (χ3v) is 16.2. The number of carbonyl (C=O) groups is 3. The molecule has 316 valence electrons. The molecule has 1 aliphatic heterocycles. The van der Waals surface area contributed by atoms with Gasteiger partial charge in [0.2, 0.25) is 5.91 Å². The zero-order valence-electron chi connectivity index (χ0n) is 36.6. The summed E-state index contributed by atoms with van der Waals surface area (Å²) < 4.78 is 0. The lowest BCUT2D eigenvalue weighted by Crippen LogP contribution is -2.65. The molecule has 4 saturated carbocycles. The highest BCUT2D eigenvalue weighted by atomic mass is 16.4. The SMILES string of the molecule is C#C.C#C.C#C.C=CC.CC1(C)C(c2ccc(C(=O)O)cc2)=CC[C@@]2(C)C1CC[C@]1(C)C2CC[C@@H]2C3CCC[C@]3(CNC(=O)NCCCN3CCCC3=O)CC[C@]21C. The first-order valence-electron chi connectivity index (χ1n) is 21.6. The number of nitrogens with one attached hydrogen (secondary N) is 2. The summed E-state index contributed by atoms with van der Waals surface area (Å²) in [6.07, 6.45) is 43.2. The largest absolute Gasteiger partial charge is 0.478 e. The van der Waals surface area contributed by atoms with Crippen LogP contribution in [0.25, 0.3) is 5.57 Å². The number of allylic oxidation sites excluding steroid dienone is 3. The second-order valence-electron chi connectivity index (χ2n) is 18.8. The number of benzene rings is 1. The fraction of sp³-hybridized carbons (Fsp3) is 0.627. The Morgan fingerprint density at radius 3 is 2.10 bits per heavy atom. The topological polar surface area (TPSA) is 98.7 Å². The van der Waals surface area contributed by atoms with Crippen molar-refractivity contribution in [2.75, 3.05) is 26.2 Å². The molecule has 7 nitrogen and oxygen atoms in total. The molecule has 1 heterocycles. The van der Waals surface area contributed by atoms with E-state index in [4.69, 9.17) is 0 Å². The van der Waals surface area contributed by atoms with E-state index in [1.165, 1.54) is 68.9 Å². The molecule has 0 radical (unpaired) electrons. The van der Waals surface area contributed by atoms with Crippen LogP contribution in [0.3, 0.4) is 0 Å². The summed E-state index contributed by atoms with van der Waals surface area (Å²) in [5, 5.41) is 15.9. The van der Waals surface area contributed by atoms with E-state index in [2.05, 4.69) is 96.4 Å². The van der Waals surface area contributed by atoms with E-state index in [9.17, 15) is 19.5 Å². The number of fused-ring (bicyclic) bond motifs is 7. The molecule has 7 heteroatoms. The summed E-state index contributed by atoms with van der Waals surface area (Å²) in [6.45, 7) is 21.1. The van der Waals surface area contributed by atoms with Gasteiger partial charge in [-0.15, -0.1) is 45.1 Å². The van der Waals surface area contributed by atoms with Crippen LogP contribution in [0.4, 0.5) is 4.79 Å². The number of carboxylic acids is 1. The number of urea groups is 1. The zero-order chi connectivity index (χ0) is 43.5. The van der Waals surface area contributed by atoms with Crippen molar-refractivity contribution in [3.05, 3.63) is 54.1 Å². The van der Waals surface area contributed by atoms with Crippen LogP contribution >= 0.6 is 0 Å². The third kappa shape index (κ3) is 8.79. The zero-order valence-corrected chi connectivity index (χ0v) is 36.6. The lowest BCUT2D eigenvalue weighted by molar-refractivity contribution is -0.222. The predicted octanol–water partition coefficient (Wildman–Crippen LogP) is 10.5. The Bertz CT molecular complexity index is 1670. The van der Waals surface area contributed by atoms with Crippen LogP contribution < -0.4 is 10.6 Å². The number of terminal acetylenes is 3. The first-order chi connectivity index (χ1) is 27.7. The minimum atomic E-state index is -0.870. The van der Waals surface area contributed by atoms with E-state index in [1.54, 1.807) is 18.2 Å². The van der Waals surface area contributed by atoms with Crippen LogP contribution in [0, 0.1) is 89.3 Å². The number of carbonyl (C=O) groups excluding carboxylic acids is 2. The molecule has 1 aromatic carbocycles. The lowest BCUT2D eigenvalue weighted by atomic mass is 9.32. The molecular weight excluding hydrogens is 719 g/mol. The molecule has 3 amide bonds. The summed E-state index contributed by atoms with van der Waals surface area (Å²) in [5.74, 6) is 2.04. The van der Waals surface area contributed by atoms with Crippen molar-refractivity contribution in [2.45, 2.75) is 125 Å². The van der Waals surface area contributed by atoms with Gasteiger partial charge in [-0.05, 0) is 152 Å². The fourth-order valence-electron chi connectivity index (χ4n) is 13.6. The minimum absolute atomic E-state index is 0.0157. The monoisotopic (exact) mass is 792 g/mol. The smallest absolute Gasteiger partial charge is 0.335 e. The highest BCUT2D eigenvalue weighted by Crippen LogP contribution is 2.77. The van der Waals surface area contributed by atoms with Gasteiger partial charge in [-0.1, -0.05) is 65.3 Å². The molecule has 58 heavy (non-hydrogen) atoms. The van der Waals surface area contributed by atoms with Gasteiger partial charge in [-0.25, -0.2) is 9.59 Å². The number of amides is 3. The summed E-state index contributed by atoms with van der Waals surface area (Å²) in [4.78, 5) is 38.3. The molecule has 3 unspecified atom stereocenters. The van der Waals surface area contributed by atoms with Crippen molar-refractivity contribution in [1.82, 2.24) is 15.5 Å². The van der Waals surface area contributed by atoms with Crippen LogP contribution in [-0.2, 0) is 4.79 Å². The Morgan fingerprint density at radius 2 is 1.50 bits per heavy atom. The van der Waals surface area contributed by atoms with Crippen molar-refractivity contribution < 1.29 is 19.5 Å². The van der Waals surface area contributed by atoms with Gasteiger partial charge in [0.05, 0.1) is 5.56 Å². The maximum Gasteiger partial charge on any atom is 0.335 e. The van der Waals surface area contributed by atoms with Gasteiger partial charge in [0.15, 0.2) is 0 Å². The summed E-state index contributed by atoms with van der Waals surface area (Å²) in [7, 11) is 0. The summed E-state index contributed by atoms with van der Waals surface area (Å²) >= 11 is 0. The Kier molecular flexibility index (Phi) is 16.6. The number of hydrogen-bond acceptors (Lipinski definition) is 3. The normalized spacial score (nSPS) is 33.5. The molecule has 0 bridgehead atoms. The number of aromatic carboxylic acids is 1. The fourth-order valence-corrected chi connectivity index (χ4v) is 13.6. The standard InChI is InChI=1S/C42H61N3O4.C3H6.3C2H2/c1-38(2)30(28-11-13-29(14-12-28)36(47)48)17-20-39(3)33(38)18-21-41(5)34(39)16-15-31-32-9-6-19-42(32,23-22-40(31,41)4)27-44-37(49)43-24-8-26-45-25-7-10-35(45)46;1-3-2;3*1-2/h11-14,17,31-34H,6-10,15-16,18-27H2,1-5H3,(H,47,48)(H2,43,44,49);3H,1H2,2H3;3*1-2H/t31-,32?,33?,34?,39+,40-,41-,42-;;;;/m1..../s1.